The van der Waals surface area contributed by atoms with Gasteiger partial charge >= 0.3 is 5.97 Å². The molecule has 0 saturated heterocycles. The molecule has 0 aromatic heterocycles. The van der Waals surface area contributed by atoms with Crippen LogP contribution < -0.4 is 31.6 Å². The van der Waals surface area contributed by atoms with Crippen LogP contribution in [0.25, 0.3) is 0 Å². The molecule has 296 valence electrons. The molecule has 54 heavy (non-hydrogen) atoms. The lowest BCUT2D eigenvalue weighted by atomic mass is 9.48. The molecule has 1 amide bonds. The molecule has 4 fully saturated rings. The molecular weight excluding hydrogens is 686 g/mol. The van der Waals surface area contributed by atoms with Crippen LogP contribution in [0.3, 0.4) is 0 Å². The Kier molecular flexibility index (Phi) is 13.7. The van der Waals surface area contributed by atoms with Gasteiger partial charge in [0.05, 0.1) is 63.3 Å². The molecule has 4 saturated carbocycles. The highest BCUT2D eigenvalue weighted by atomic mass is 16.6. The van der Waals surface area contributed by atoms with E-state index in [4.69, 9.17) is 40.1 Å². The minimum Gasteiger partial charge on any atom is -0.496 e. The van der Waals surface area contributed by atoms with Gasteiger partial charge in [0.2, 0.25) is 0 Å². The minimum absolute atomic E-state index is 0.00886. The van der Waals surface area contributed by atoms with Gasteiger partial charge in [-0.2, -0.15) is 0 Å². The van der Waals surface area contributed by atoms with Gasteiger partial charge in [-0.25, -0.2) is 9.79 Å². The molecule has 2 aromatic carbocycles. The Morgan fingerprint density at radius 3 is 2.09 bits per heavy atom. The number of carbonyl (C=O) groups excluding carboxylic acids is 2. The van der Waals surface area contributed by atoms with E-state index in [9.17, 15) is 9.59 Å². The molecule has 6 rings (SSSR count). The maximum atomic E-state index is 14.3. The number of allylic oxidation sites excluding steroid dienone is 1. The van der Waals surface area contributed by atoms with Crippen molar-refractivity contribution >= 4 is 29.0 Å². The van der Waals surface area contributed by atoms with Crippen LogP contribution in [0.4, 0.5) is 11.4 Å². The zero-order chi connectivity index (χ0) is 39.0. The molecule has 0 spiro atoms. The number of hydrogen-bond donors (Lipinski definition) is 4. The van der Waals surface area contributed by atoms with Crippen LogP contribution in [-0.4, -0.2) is 82.5 Å². The van der Waals surface area contributed by atoms with Gasteiger partial charge in [-0.15, -0.1) is 0 Å². The van der Waals surface area contributed by atoms with Crippen LogP contribution in [0.15, 0.2) is 53.2 Å². The van der Waals surface area contributed by atoms with Crippen molar-refractivity contribution in [3.63, 3.8) is 0 Å². The van der Waals surface area contributed by atoms with Gasteiger partial charge in [0, 0.05) is 18.8 Å². The fourth-order valence-corrected chi connectivity index (χ4v) is 8.65. The van der Waals surface area contributed by atoms with E-state index in [0.29, 0.717) is 79.8 Å². The van der Waals surface area contributed by atoms with Gasteiger partial charge in [0.15, 0.2) is 0 Å². The lowest BCUT2D eigenvalue weighted by molar-refractivity contribution is -0.183. The first-order chi connectivity index (χ1) is 25.8. The molecule has 0 radical (unpaired) electrons. The Balaban J connectivity index is 1.48. The second-order valence-corrected chi connectivity index (χ2v) is 16.1. The summed E-state index contributed by atoms with van der Waals surface area (Å²) < 4.78 is 28.7. The Morgan fingerprint density at radius 1 is 0.926 bits per heavy atom. The number of esters is 1. The number of nitrogens with two attached hydrogens (primary N) is 2. The summed E-state index contributed by atoms with van der Waals surface area (Å²) in [5.41, 5.74) is 13.8. The molecule has 0 heterocycles. The van der Waals surface area contributed by atoms with E-state index in [-0.39, 0.29) is 29.4 Å². The highest BCUT2D eigenvalue weighted by molar-refractivity contribution is 6.16. The first-order valence-electron chi connectivity index (χ1n) is 19.4. The zero-order valence-corrected chi connectivity index (χ0v) is 33.2. The predicted octanol–water partition coefficient (Wildman–Crippen LogP) is 5.85. The summed E-state index contributed by atoms with van der Waals surface area (Å²) in [5.74, 6) is 1.33. The topological polar surface area (TPSA) is 169 Å². The van der Waals surface area contributed by atoms with Gasteiger partial charge in [0.25, 0.3) is 5.91 Å². The van der Waals surface area contributed by atoms with E-state index in [2.05, 4.69) is 30.5 Å². The second-order valence-electron chi connectivity index (χ2n) is 16.1. The molecule has 4 bridgehead atoms. The molecule has 2 aromatic rings. The number of nitrogens with one attached hydrogen (secondary N) is 2. The molecular formula is C42H61N5O7. The molecule has 0 unspecified atom stereocenters. The Bertz CT molecular complexity index is 1630. The predicted molar refractivity (Wildman–Crippen MR) is 211 cm³/mol. The fourth-order valence-electron chi connectivity index (χ4n) is 8.65. The second kappa shape index (κ2) is 18.0. The van der Waals surface area contributed by atoms with Crippen molar-refractivity contribution in [2.75, 3.05) is 59.1 Å². The van der Waals surface area contributed by atoms with Crippen molar-refractivity contribution in [1.82, 2.24) is 5.32 Å². The number of aliphatic imine (C=N–C) groups is 1. The van der Waals surface area contributed by atoms with Gasteiger partial charge in [-0.3, -0.25) is 4.79 Å². The number of methoxy groups -OCH3 is 2. The van der Waals surface area contributed by atoms with Crippen molar-refractivity contribution in [3.8, 4) is 11.5 Å². The summed E-state index contributed by atoms with van der Waals surface area (Å²) in [7, 11) is 3.15. The van der Waals surface area contributed by atoms with E-state index in [0.717, 1.165) is 36.9 Å². The fraction of sp³-hybridized carbons (Fsp3) is 0.595. The first-order valence-corrected chi connectivity index (χ1v) is 19.4. The van der Waals surface area contributed by atoms with Crippen molar-refractivity contribution in [2.24, 2.45) is 40.1 Å². The number of nitrogens with zero attached hydrogens (tertiary/aromatic N) is 1. The number of carbonyl (C=O) groups is 2. The largest absolute Gasteiger partial charge is 0.496 e. The van der Waals surface area contributed by atoms with Gasteiger partial charge < -0.3 is 45.8 Å². The highest BCUT2D eigenvalue weighted by Crippen LogP contribution is 2.59. The van der Waals surface area contributed by atoms with Gasteiger partial charge in [0.1, 0.15) is 22.6 Å². The van der Waals surface area contributed by atoms with E-state index in [1.165, 1.54) is 6.42 Å². The van der Waals surface area contributed by atoms with Crippen molar-refractivity contribution < 1.29 is 33.3 Å². The molecule has 4 aliphatic rings. The zero-order valence-electron chi connectivity index (χ0n) is 33.2. The number of amides is 1. The molecule has 4 aliphatic carbocycles. The molecule has 0 aliphatic heterocycles. The Labute approximate surface area is 320 Å². The van der Waals surface area contributed by atoms with E-state index >= 15 is 0 Å². The number of rotatable bonds is 18. The third kappa shape index (κ3) is 9.56. The van der Waals surface area contributed by atoms with Gasteiger partial charge in [-0.1, -0.05) is 19.9 Å². The van der Waals surface area contributed by atoms with Gasteiger partial charge in [-0.05, 0) is 124 Å². The average molecular weight is 748 g/mol. The average Bonchev–Trinajstić information content (AvgIpc) is 3.12. The van der Waals surface area contributed by atoms with Crippen LogP contribution in [0.2, 0.25) is 0 Å². The van der Waals surface area contributed by atoms with Crippen LogP contribution in [0, 0.1) is 23.7 Å². The van der Waals surface area contributed by atoms with Crippen LogP contribution in [-0.2, 0) is 23.8 Å². The van der Waals surface area contributed by atoms with E-state index in [1.807, 2.05) is 51.1 Å². The van der Waals surface area contributed by atoms with Crippen LogP contribution >= 0.6 is 0 Å². The molecule has 12 nitrogen and oxygen atoms in total. The van der Waals surface area contributed by atoms with Crippen molar-refractivity contribution in [3.05, 3.63) is 59.3 Å². The maximum absolute atomic E-state index is 14.3. The summed E-state index contributed by atoms with van der Waals surface area (Å²) in [6.45, 7) is 12.9. The summed E-state index contributed by atoms with van der Waals surface area (Å²) in [5, 5.41) is 6.63. The van der Waals surface area contributed by atoms with Crippen LogP contribution in [0.1, 0.15) is 83.8 Å². The standard InChI is InChI=1S/C42H61N5O7/c1-26(2)32-24-31(45-14-16-53-18-17-52-15-13-43)11-12-34(32)46-35(38-36(50-6)9-8-10-37(38)51-7)25-33(44)39(48)47-42(40(49)54-41(3,4)5)29-20-27-19-28(22-29)23-30(42)21-27/h8-12,24-30,45H,13-23,43-44H2,1-7H3,(H,47,48). The normalized spacial score (nSPS) is 23.7. The van der Waals surface area contributed by atoms with Crippen LogP contribution in [0.5, 0.6) is 11.5 Å². The summed E-state index contributed by atoms with van der Waals surface area (Å²) in [6, 6.07) is 11.4. The maximum Gasteiger partial charge on any atom is 0.332 e. The summed E-state index contributed by atoms with van der Waals surface area (Å²) >= 11 is 0. The van der Waals surface area contributed by atoms with Crippen molar-refractivity contribution in [2.45, 2.75) is 83.8 Å². The Morgan fingerprint density at radius 2 is 1.54 bits per heavy atom. The lowest BCUT2D eigenvalue weighted by Crippen LogP contribution is -2.71. The highest BCUT2D eigenvalue weighted by Gasteiger charge is 2.63. The lowest BCUT2D eigenvalue weighted by Gasteiger charge is -2.59. The first kappa shape index (κ1) is 41.0. The number of benzene rings is 2. The van der Waals surface area contributed by atoms with E-state index in [1.54, 1.807) is 20.3 Å². The quantitative estimate of drug-likeness (QED) is 0.0629. The number of anilines is 1. The third-order valence-corrected chi connectivity index (χ3v) is 10.8. The third-order valence-electron chi connectivity index (χ3n) is 10.8. The summed E-state index contributed by atoms with van der Waals surface area (Å²) in [6.07, 6.45) is 6.31. The molecule has 12 heteroatoms. The Hall–Kier alpha value is -4.13. The smallest absolute Gasteiger partial charge is 0.332 e. The minimum atomic E-state index is -1.15. The molecule has 6 N–H and O–H groups in total. The SMILES string of the molecule is COc1cccc(OC)c1C(C=C(N)C(=O)NC1(C(=O)OC(C)(C)C)C2CC3CC(C2)CC1C3)=Nc1ccc(NCCOCCOCCN)cc1C(C)C. The van der Waals surface area contributed by atoms with E-state index < -0.39 is 17.0 Å². The molecule has 0 atom stereocenters. The number of hydrogen-bond acceptors (Lipinski definition) is 11. The monoisotopic (exact) mass is 747 g/mol. The number of ether oxygens (including phenoxy) is 5. The summed E-state index contributed by atoms with van der Waals surface area (Å²) in [4.78, 5) is 33.6. The van der Waals surface area contributed by atoms with Crippen molar-refractivity contribution in [1.29, 1.82) is 0 Å².